The van der Waals surface area contributed by atoms with E-state index in [1.54, 1.807) is 0 Å². The Kier molecular flexibility index (Phi) is 2.18. The monoisotopic (exact) mass is 207 g/mol. The van der Waals surface area contributed by atoms with Crippen LogP contribution >= 0.6 is 0 Å². The summed E-state index contributed by atoms with van der Waals surface area (Å²) in [5.41, 5.74) is 7.12. The Morgan fingerprint density at radius 3 is 2.47 bits per heavy atom. The number of hydrogen-bond donors (Lipinski definition) is 1. The normalized spacial score (nSPS) is 59.0. The first-order valence-corrected chi connectivity index (χ1v) is 6.89. The van der Waals surface area contributed by atoms with Gasteiger partial charge in [-0.15, -0.1) is 0 Å². The fourth-order valence-corrected chi connectivity index (χ4v) is 4.96. The molecule has 6 atom stereocenters. The van der Waals surface area contributed by atoms with Crippen molar-refractivity contribution >= 4 is 0 Å². The Morgan fingerprint density at radius 1 is 1.07 bits per heavy atom. The second-order valence-corrected chi connectivity index (χ2v) is 6.73. The van der Waals surface area contributed by atoms with Crippen molar-refractivity contribution < 1.29 is 0 Å². The molecule has 1 heteroatoms. The lowest BCUT2D eigenvalue weighted by Gasteiger charge is -2.49. The van der Waals surface area contributed by atoms with Crippen molar-refractivity contribution in [1.29, 1.82) is 0 Å². The molecule has 3 fully saturated rings. The molecular formula is C14H25N. The van der Waals surface area contributed by atoms with E-state index in [1.165, 1.54) is 38.5 Å². The van der Waals surface area contributed by atoms with Crippen LogP contribution in [0.4, 0.5) is 0 Å². The summed E-state index contributed by atoms with van der Waals surface area (Å²) >= 11 is 0. The molecule has 0 aromatic carbocycles. The Labute approximate surface area is 93.8 Å². The molecule has 0 heterocycles. The van der Waals surface area contributed by atoms with Gasteiger partial charge in [-0.25, -0.2) is 0 Å². The Balaban J connectivity index is 1.85. The van der Waals surface area contributed by atoms with E-state index in [-0.39, 0.29) is 0 Å². The molecule has 86 valence electrons. The number of nitrogens with two attached hydrogens (primary N) is 1. The minimum absolute atomic E-state index is 0.547. The highest BCUT2D eigenvalue weighted by Crippen LogP contribution is 2.62. The third kappa shape index (κ3) is 1.25. The highest BCUT2D eigenvalue weighted by molar-refractivity contribution is 5.10. The molecule has 3 saturated carbocycles. The zero-order valence-electron chi connectivity index (χ0n) is 10.2. The fraction of sp³-hybridized carbons (Fsp3) is 1.00. The Morgan fingerprint density at radius 2 is 1.87 bits per heavy atom. The van der Waals surface area contributed by atoms with Crippen LogP contribution in [0.1, 0.15) is 52.4 Å². The van der Waals surface area contributed by atoms with Crippen LogP contribution < -0.4 is 5.73 Å². The Hall–Kier alpha value is -0.0400. The number of fused-ring (bicyclic) bond motifs is 3. The molecule has 0 saturated heterocycles. The predicted molar refractivity (Wildman–Crippen MR) is 63.4 cm³/mol. The van der Waals surface area contributed by atoms with E-state index in [9.17, 15) is 0 Å². The highest BCUT2D eigenvalue weighted by atomic mass is 14.8. The van der Waals surface area contributed by atoms with Crippen molar-refractivity contribution in [2.75, 3.05) is 0 Å². The van der Waals surface area contributed by atoms with Gasteiger partial charge in [-0.1, -0.05) is 13.8 Å². The van der Waals surface area contributed by atoms with Crippen LogP contribution in [-0.2, 0) is 0 Å². The van der Waals surface area contributed by atoms with Gasteiger partial charge in [0.1, 0.15) is 0 Å². The van der Waals surface area contributed by atoms with Gasteiger partial charge in [-0.3, -0.25) is 0 Å². The van der Waals surface area contributed by atoms with Gasteiger partial charge in [0.15, 0.2) is 0 Å². The van der Waals surface area contributed by atoms with Crippen molar-refractivity contribution in [3.05, 3.63) is 0 Å². The molecule has 0 amide bonds. The number of rotatable bonds is 0. The summed E-state index contributed by atoms with van der Waals surface area (Å²) in [5.74, 6) is 3.72. The van der Waals surface area contributed by atoms with Crippen LogP contribution in [0.15, 0.2) is 0 Å². The zero-order valence-corrected chi connectivity index (χ0v) is 10.2. The summed E-state index contributed by atoms with van der Waals surface area (Å²) < 4.78 is 0. The molecule has 3 rings (SSSR count). The van der Waals surface area contributed by atoms with Gasteiger partial charge >= 0.3 is 0 Å². The molecule has 1 spiro atoms. The topological polar surface area (TPSA) is 26.0 Å². The van der Waals surface area contributed by atoms with Gasteiger partial charge in [-0.2, -0.15) is 0 Å². The minimum Gasteiger partial charge on any atom is -0.327 e. The second-order valence-electron chi connectivity index (χ2n) is 6.73. The molecular weight excluding hydrogens is 182 g/mol. The highest BCUT2D eigenvalue weighted by Gasteiger charge is 2.57. The second kappa shape index (κ2) is 3.23. The maximum absolute atomic E-state index is 6.54. The first-order chi connectivity index (χ1) is 7.13. The molecule has 2 bridgehead atoms. The van der Waals surface area contributed by atoms with Crippen LogP contribution in [0.5, 0.6) is 0 Å². The maximum atomic E-state index is 6.54. The predicted octanol–water partition coefficient (Wildman–Crippen LogP) is 3.19. The van der Waals surface area contributed by atoms with Gasteiger partial charge in [0.25, 0.3) is 0 Å². The van der Waals surface area contributed by atoms with E-state index in [0.717, 1.165) is 23.7 Å². The summed E-state index contributed by atoms with van der Waals surface area (Å²) in [7, 11) is 0. The third-order valence-corrected chi connectivity index (χ3v) is 6.20. The smallest absolute Gasteiger partial charge is 0.0127 e. The van der Waals surface area contributed by atoms with E-state index >= 15 is 0 Å². The van der Waals surface area contributed by atoms with E-state index < -0.39 is 0 Å². The van der Waals surface area contributed by atoms with E-state index in [2.05, 4.69) is 13.8 Å². The number of hydrogen-bond acceptors (Lipinski definition) is 1. The Bertz CT molecular complexity index is 258. The summed E-state index contributed by atoms with van der Waals surface area (Å²) in [6, 6.07) is 0.547. The fourth-order valence-electron chi connectivity index (χ4n) is 4.96. The quantitative estimate of drug-likeness (QED) is 0.648. The van der Waals surface area contributed by atoms with Crippen LogP contribution in [0.3, 0.4) is 0 Å². The van der Waals surface area contributed by atoms with Crippen LogP contribution in [0.25, 0.3) is 0 Å². The molecule has 1 nitrogen and oxygen atoms in total. The van der Waals surface area contributed by atoms with Gasteiger partial charge in [0, 0.05) is 6.04 Å². The van der Waals surface area contributed by atoms with Crippen molar-refractivity contribution in [1.82, 2.24) is 0 Å². The third-order valence-electron chi connectivity index (χ3n) is 6.20. The lowest BCUT2D eigenvalue weighted by molar-refractivity contribution is 0.0293. The van der Waals surface area contributed by atoms with Crippen molar-refractivity contribution in [2.24, 2.45) is 34.8 Å². The van der Waals surface area contributed by atoms with E-state index in [1.807, 2.05) is 0 Å². The maximum Gasteiger partial charge on any atom is 0.0127 e. The standard InChI is InChI=1S/C14H25N/c1-9-5-6-14(8-10(9)2)12-4-3-11(7-12)13(14)15/h9-13H,3-8,15H2,1-2H3/t9?,10?,11-,12+,13-,14?/m1/s1. The average molecular weight is 207 g/mol. The van der Waals surface area contributed by atoms with E-state index in [0.29, 0.717) is 11.5 Å². The molecule has 0 aromatic rings. The first kappa shape index (κ1) is 10.1. The largest absolute Gasteiger partial charge is 0.327 e. The summed E-state index contributed by atoms with van der Waals surface area (Å²) in [6.07, 6.45) is 8.66. The van der Waals surface area contributed by atoms with E-state index in [4.69, 9.17) is 5.73 Å². The van der Waals surface area contributed by atoms with Crippen molar-refractivity contribution in [2.45, 2.75) is 58.4 Å². The molecule has 15 heavy (non-hydrogen) atoms. The van der Waals surface area contributed by atoms with Gasteiger partial charge in [0.2, 0.25) is 0 Å². The zero-order chi connectivity index (χ0) is 10.6. The van der Waals surface area contributed by atoms with Gasteiger partial charge < -0.3 is 5.73 Å². The summed E-state index contributed by atoms with van der Waals surface area (Å²) in [6.45, 7) is 4.88. The molecule has 3 unspecified atom stereocenters. The van der Waals surface area contributed by atoms with Crippen molar-refractivity contribution in [3.8, 4) is 0 Å². The lowest BCUT2D eigenvalue weighted by Crippen LogP contribution is -2.49. The summed E-state index contributed by atoms with van der Waals surface area (Å²) in [5, 5.41) is 0. The molecule has 0 radical (unpaired) electrons. The average Bonchev–Trinajstić information content (AvgIpc) is 2.77. The van der Waals surface area contributed by atoms with Crippen molar-refractivity contribution in [3.63, 3.8) is 0 Å². The van der Waals surface area contributed by atoms with Crippen LogP contribution in [0.2, 0.25) is 0 Å². The molecule has 0 aliphatic heterocycles. The molecule has 2 N–H and O–H groups in total. The van der Waals surface area contributed by atoms with Gasteiger partial charge in [-0.05, 0) is 67.6 Å². The van der Waals surface area contributed by atoms with Crippen LogP contribution in [-0.4, -0.2) is 6.04 Å². The van der Waals surface area contributed by atoms with Gasteiger partial charge in [0.05, 0.1) is 0 Å². The molecule has 3 aliphatic rings. The minimum atomic E-state index is 0.547. The SMILES string of the molecule is CC1CCC2(CC1C)[C@H]1CC[C@H](C1)[C@H]2N. The van der Waals surface area contributed by atoms with Crippen LogP contribution in [0, 0.1) is 29.1 Å². The molecule has 3 aliphatic carbocycles. The summed E-state index contributed by atoms with van der Waals surface area (Å²) in [4.78, 5) is 0. The molecule has 0 aromatic heterocycles. The first-order valence-electron chi connectivity index (χ1n) is 6.89. The lowest BCUT2D eigenvalue weighted by atomic mass is 9.58.